The Kier molecular flexibility index (Phi) is 5.91. The number of anilines is 1. The molecular formula is C27H27FN4OS. The zero-order valence-electron chi connectivity index (χ0n) is 19.3. The fourth-order valence-corrected chi connectivity index (χ4v) is 4.27. The van der Waals surface area contributed by atoms with Gasteiger partial charge in [0.2, 0.25) is 0 Å². The standard InChI is InChI=1S/C27H27FN4OS/c1-27(2,33)16-30-23-14-22(18-9-11-21(28)12-10-18)31-32-24(15-29-26(23)32)19-5-7-20(8-6-19)25(34)13-17-3-4-17/h5-12,14-15,17,30,33H,3-4,13,16H2,1-2H3. The largest absolute Gasteiger partial charge is 0.389 e. The van der Waals surface area contributed by atoms with Crippen molar-refractivity contribution in [3.05, 3.63) is 72.2 Å². The van der Waals surface area contributed by atoms with E-state index in [1.807, 2.05) is 18.2 Å². The summed E-state index contributed by atoms with van der Waals surface area (Å²) in [5.41, 5.74) is 4.85. The van der Waals surface area contributed by atoms with Gasteiger partial charge in [0.15, 0.2) is 5.65 Å². The van der Waals surface area contributed by atoms with Crippen molar-refractivity contribution in [1.82, 2.24) is 14.6 Å². The first kappa shape index (κ1) is 22.6. The highest BCUT2D eigenvalue weighted by molar-refractivity contribution is 7.80. The second kappa shape index (κ2) is 8.89. The van der Waals surface area contributed by atoms with E-state index in [2.05, 4.69) is 22.4 Å². The van der Waals surface area contributed by atoms with Crippen LogP contribution < -0.4 is 5.32 Å². The summed E-state index contributed by atoms with van der Waals surface area (Å²) >= 11 is 5.63. The van der Waals surface area contributed by atoms with E-state index in [4.69, 9.17) is 17.3 Å². The van der Waals surface area contributed by atoms with Gasteiger partial charge in [-0.25, -0.2) is 13.9 Å². The molecule has 2 aromatic heterocycles. The minimum absolute atomic E-state index is 0.298. The lowest BCUT2D eigenvalue weighted by molar-refractivity contribution is 0.0945. The molecule has 0 bridgehead atoms. The predicted molar refractivity (Wildman–Crippen MR) is 138 cm³/mol. The molecule has 7 heteroatoms. The Morgan fingerprint density at radius 2 is 1.79 bits per heavy atom. The maximum absolute atomic E-state index is 13.5. The van der Waals surface area contributed by atoms with Crippen LogP contribution in [0.15, 0.2) is 60.8 Å². The van der Waals surface area contributed by atoms with Gasteiger partial charge in [-0.2, -0.15) is 5.10 Å². The first-order valence-electron chi connectivity index (χ1n) is 11.5. The SMILES string of the molecule is CC(C)(O)CNc1cc(-c2ccc(F)cc2)nn2c(-c3ccc(C(=S)CC4CC4)cc3)cnc12. The Morgan fingerprint density at radius 3 is 2.44 bits per heavy atom. The second-order valence-corrected chi connectivity index (χ2v) is 10.1. The summed E-state index contributed by atoms with van der Waals surface area (Å²) in [6.07, 6.45) is 5.35. The minimum Gasteiger partial charge on any atom is -0.389 e. The van der Waals surface area contributed by atoms with E-state index >= 15 is 0 Å². The third kappa shape index (κ3) is 5.00. The summed E-state index contributed by atoms with van der Waals surface area (Å²) in [7, 11) is 0. The molecule has 2 N–H and O–H groups in total. The molecule has 5 nitrogen and oxygen atoms in total. The van der Waals surface area contributed by atoms with E-state index < -0.39 is 5.60 Å². The molecule has 0 saturated heterocycles. The van der Waals surface area contributed by atoms with Crippen LogP contribution in [0.5, 0.6) is 0 Å². The van der Waals surface area contributed by atoms with Crippen LogP contribution in [0.25, 0.3) is 28.2 Å². The maximum Gasteiger partial charge on any atom is 0.177 e. The highest BCUT2D eigenvalue weighted by Gasteiger charge is 2.23. The van der Waals surface area contributed by atoms with E-state index in [1.54, 1.807) is 36.7 Å². The molecule has 5 rings (SSSR count). The molecule has 0 radical (unpaired) electrons. The third-order valence-electron chi connectivity index (χ3n) is 5.99. The minimum atomic E-state index is -0.902. The van der Waals surface area contributed by atoms with Crippen molar-refractivity contribution < 1.29 is 9.50 Å². The van der Waals surface area contributed by atoms with Crippen LogP contribution in [0.2, 0.25) is 0 Å². The summed E-state index contributed by atoms with van der Waals surface area (Å²) in [6.45, 7) is 3.82. The van der Waals surface area contributed by atoms with Crippen LogP contribution in [0.3, 0.4) is 0 Å². The summed E-state index contributed by atoms with van der Waals surface area (Å²) < 4.78 is 15.3. The van der Waals surface area contributed by atoms with Gasteiger partial charge in [0, 0.05) is 22.5 Å². The molecule has 174 valence electrons. The van der Waals surface area contributed by atoms with Gasteiger partial charge >= 0.3 is 0 Å². The van der Waals surface area contributed by atoms with Gasteiger partial charge in [0.1, 0.15) is 5.82 Å². The van der Waals surface area contributed by atoms with Crippen LogP contribution in [-0.2, 0) is 0 Å². The van der Waals surface area contributed by atoms with Crippen LogP contribution in [0.1, 0.15) is 38.7 Å². The highest BCUT2D eigenvalue weighted by atomic mass is 32.1. The quantitative estimate of drug-likeness (QED) is 0.246. The van der Waals surface area contributed by atoms with Crippen molar-refractivity contribution >= 4 is 28.4 Å². The monoisotopic (exact) mass is 474 g/mol. The molecule has 1 aliphatic carbocycles. The molecule has 4 aromatic rings. The molecule has 2 heterocycles. The third-order valence-corrected chi connectivity index (χ3v) is 6.40. The number of nitrogens with one attached hydrogen (secondary N) is 1. The molecular weight excluding hydrogens is 447 g/mol. The van der Waals surface area contributed by atoms with Crippen molar-refractivity contribution in [3.63, 3.8) is 0 Å². The molecule has 34 heavy (non-hydrogen) atoms. The van der Waals surface area contributed by atoms with Gasteiger partial charge in [0.05, 0.1) is 28.9 Å². The molecule has 1 aliphatic rings. The molecule has 2 aromatic carbocycles. The highest BCUT2D eigenvalue weighted by Crippen LogP contribution is 2.34. The molecule has 0 unspecified atom stereocenters. The van der Waals surface area contributed by atoms with Gasteiger partial charge in [-0.15, -0.1) is 0 Å². The number of thiocarbonyl (C=S) groups is 1. The normalized spacial score (nSPS) is 13.9. The Morgan fingerprint density at radius 1 is 1.12 bits per heavy atom. The Balaban J connectivity index is 1.55. The summed E-state index contributed by atoms with van der Waals surface area (Å²) in [5, 5.41) is 18.3. The van der Waals surface area contributed by atoms with Crippen LogP contribution in [-0.4, -0.2) is 36.7 Å². The number of aliphatic hydroxyl groups is 1. The van der Waals surface area contributed by atoms with Crippen molar-refractivity contribution in [2.24, 2.45) is 5.92 Å². The van der Waals surface area contributed by atoms with Crippen molar-refractivity contribution in [2.45, 2.75) is 38.7 Å². The Labute approximate surface area is 203 Å². The number of imidazole rings is 1. The topological polar surface area (TPSA) is 62.5 Å². The van der Waals surface area contributed by atoms with Crippen molar-refractivity contribution in [2.75, 3.05) is 11.9 Å². The zero-order chi connectivity index (χ0) is 23.9. The second-order valence-electron chi connectivity index (χ2n) is 9.64. The fourth-order valence-electron chi connectivity index (χ4n) is 3.90. The Hall–Kier alpha value is -3.16. The van der Waals surface area contributed by atoms with Crippen LogP contribution in [0, 0.1) is 11.7 Å². The molecule has 1 fully saturated rings. The van der Waals surface area contributed by atoms with Crippen molar-refractivity contribution in [3.8, 4) is 22.5 Å². The van der Waals surface area contributed by atoms with E-state index in [1.165, 1.54) is 25.0 Å². The van der Waals surface area contributed by atoms with Gasteiger partial charge in [-0.05, 0) is 74.9 Å². The number of benzene rings is 2. The van der Waals surface area contributed by atoms with E-state index in [9.17, 15) is 9.50 Å². The number of hydrogen-bond acceptors (Lipinski definition) is 5. The zero-order valence-corrected chi connectivity index (χ0v) is 20.1. The van der Waals surface area contributed by atoms with Gasteiger partial charge in [-0.3, -0.25) is 0 Å². The number of hydrogen-bond donors (Lipinski definition) is 2. The fraction of sp³-hybridized carbons (Fsp3) is 0.296. The average molecular weight is 475 g/mol. The summed E-state index contributed by atoms with van der Waals surface area (Å²) in [5.74, 6) is 0.461. The maximum atomic E-state index is 13.5. The van der Waals surface area contributed by atoms with E-state index in [0.717, 1.165) is 45.3 Å². The number of fused-ring (bicyclic) bond motifs is 1. The lowest BCUT2D eigenvalue weighted by Gasteiger charge is -2.19. The number of rotatable bonds is 8. The summed E-state index contributed by atoms with van der Waals surface area (Å²) in [6, 6.07) is 16.4. The van der Waals surface area contributed by atoms with E-state index in [-0.39, 0.29) is 5.82 Å². The average Bonchev–Trinajstić information content (AvgIpc) is 3.52. The number of halogens is 1. The van der Waals surface area contributed by atoms with Crippen LogP contribution >= 0.6 is 12.2 Å². The molecule has 1 saturated carbocycles. The van der Waals surface area contributed by atoms with Gasteiger partial charge < -0.3 is 10.4 Å². The van der Waals surface area contributed by atoms with Crippen LogP contribution in [0.4, 0.5) is 10.1 Å². The smallest absolute Gasteiger partial charge is 0.177 e. The number of nitrogens with zero attached hydrogens (tertiary/aromatic N) is 3. The van der Waals surface area contributed by atoms with Crippen molar-refractivity contribution in [1.29, 1.82) is 0 Å². The van der Waals surface area contributed by atoms with Gasteiger partial charge in [0.25, 0.3) is 0 Å². The van der Waals surface area contributed by atoms with Gasteiger partial charge in [-0.1, -0.05) is 36.5 Å². The first-order valence-corrected chi connectivity index (χ1v) is 11.9. The lowest BCUT2D eigenvalue weighted by Crippen LogP contribution is -2.29. The van der Waals surface area contributed by atoms with E-state index in [0.29, 0.717) is 17.9 Å². The molecule has 0 spiro atoms. The molecule has 0 aliphatic heterocycles. The Bertz CT molecular complexity index is 1340. The number of aromatic nitrogens is 3. The molecule has 0 atom stereocenters. The molecule has 0 amide bonds. The lowest BCUT2D eigenvalue weighted by atomic mass is 10.0. The summed E-state index contributed by atoms with van der Waals surface area (Å²) in [4.78, 5) is 5.64. The predicted octanol–water partition coefficient (Wildman–Crippen LogP) is 5.90. The first-order chi connectivity index (χ1) is 16.3.